The third kappa shape index (κ3) is 1.87. The van der Waals surface area contributed by atoms with E-state index >= 15 is 0 Å². The zero-order valence-corrected chi connectivity index (χ0v) is 9.38. The van der Waals surface area contributed by atoms with Crippen molar-refractivity contribution < 1.29 is 0 Å². The molecule has 3 aromatic rings. The first-order valence-electron chi connectivity index (χ1n) is 5.57. The minimum atomic E-state index is 0.554. The third-order valence-electron chi connectivity index (χ3n) is 2.91. The Kier molecular flexibility index (Phi) is 2.29. The van der Waals surface area contributed by atoms with E-state index in [1.165, 1.54) is 16.3 Å². The van der Waals surface area contributed by atoms with Crippen molar-refractivity contribution in [2.24, 2.45) is 0 Å². The Hall–Kier alpha value is -2.29. The molecule has 0 bridgehead atoms. The second kappa shape index (κ2) is 3.94. The summed E-state index contributed by atoms with van der Waals surface area (Å²) < 4.78 is 1.93. The number of aromatic nitrogens is 2. The summed E-state index contributed by atoms with van der Waals surface area (Å²) in [6, 6.07) is 14.8. The van der Waals surface area contributed by atoms with Crippen molar-refractivity contribution >= 4 is 16.7 Å². The molecule has 0 aliphatic carbocycles. The summed E-state index contributed by atoms with van der Waals surface area (Å²) in [5.41, 5.74) is 6.98. The van der Waals surface area contributed by atoms with Gasteiger partial charge in [0.05, 0.1) is 6.54 Å². The van der Waals surface area contributed by atoms with Gasteiger partial charge in [-0.2, -0.15) is 0 Å². The number of benzene rings is 2. The number of imidazole rings is 1. The first kappa shape index (κ1) is 9.90. The fraction of sp³-hybridized carbons (Fsp3) is 0.0714. The first-order valence-corrected chi connectivity index (χ1v) is 5.57. The maximum absolute atomic E-state index is 5.75. The lowest BCUT2D eigenvalue weighted by Crippen LogP contribution is -2.03. The van der Waals surface area contributed by atoms with Crippen LogP contribution in [0.25, 0.3) is 10.8 Å². The topological polar surface area (TPSA) is 43.8 Å². The molecule has 0 saturated heterocycles. The predicted molar refractivity (Wildman–Crippen MR) is 69.7 cm³/mol. The van der Waals surface area contributed by atoms with E-state index in [2.05, 4.69) is 47.4 Å². The molecule has 2 aromatic carbocycles. The molecule has 0 aliphatic heterocycles. The lowest BCUT2D eigenvalue weighted by atomic mass is 10.1. The van der Waals surface area contributed by atoms with Crippen molar-refractivity contribution in [3.63, 3.8) is 0 Å². The first-order chi connectivity index (χ1) is 8.33. The molecule has 0 atom stereocenters. The number of anilines is 1. The van der Waals surface area contributed by atoms with Gasteiger partial charge in [-0.05, 0) is 22.4 Å². The summed E-state index contributed by atoms with van der Waals surface area (Å²) >= 11 is 0. The summed E-state index contributed by atoms with van der Waals surface area (Å²) in [4.78, 5) is 4.02. The lowest BCUT2D eigenvalue weighted by Gasteiger charge is -2.06. The predicted octanol–water partition coefficient (Wildman–Crippen LogP) is 2.67. The van der Waals surface area contributed by atoms with E-state index in [4.69, 9.17) is 5.73 Å². The molecule has 84 valence electrons. The van der Waals surface area contributed by atoms with E-state index in [-0.39, 0.29) is 0 Å². The number of rotatable bonds is 2. The zero-order valence-electron chi connectivity index (χ0n) is 9.38. The monoisotopic (exact) mass is 223 g/mol. The van der Waals surface area contributed by atoms with Crippen LogP contribution in [0.2, 0.25) is 0 Å². The van der Waals surface area contributed by atoms with E-state index in [1.54, 1.807) is 6.20 Å². The Bertz CT molecular complexity index is 655. The molecule has 0 radical (unpaired) electrons. The Morgan fingerprint density at radius 1 is 1.06 bits per heavy atom. The van der Waals surface area contributed by atoms with Crippen LogP contribution in [0, 0.1) is 0 Å². The summed E-state index contributed by atoms with van der Waals surface area (Å²) in [6.07, 6.45) is 3.61. The van der Waals surface area contributed by atoms with Gasteiger partial charge >= 0.3 is 0 Å². The fourth-order valence-electron chi connectivity index (χ4n) is 2.01. The third-order valence-corrected chi connectivity index (χ3v) is 2.91. The van der Waals surface area contributed by atoms with Gasteiger partial charge in [-0.1, -0.05) is 36.4 Å². The average Bonchev–Trinajstić information content (AvgIpc) is 2.75. The highest BCUT2D eigenvalue weighted by Gasteiger charge is 2.00. The van der Waals surface area contributed by atoms with E-state index in [1.807, 2.05) is 10.8 Å². The number of nitrogens with zero attached hydrogens (tertiary/aromatic N) is 2. The molecule has 1 heterocycles. The normalized spacial score (nSPS) is 10.8. The number of hydrogen-bond acceptors (Lipinski definition) is 2. The fourth-order valence-corrected chi connectivity index (χ4v) is 2.01. The highest BCUT2D eigenvalue weighted by molar-refractivity contribution is 5.82. The molecule has 3 rings (SSSR count). The molecule has 0 amide bonds. The van der Waals surface area contributed by atoms with Gasteiger partial charge in [0, 0.05) is 12.4 Å². The van der Waals surface area contributed by atoms with Crippen LogP contribution in [0.3, 0.4) is 0 Å². The van der Waals surface area contributed by atoms with Crippen molar-refractivity contribution in [3.05, 3.63) is 60.4 Å². The molecule has 1 aromatic heterocycles. The van der Waals surface area contributed by atoms with Crippen LogP contribution in [-0.2, 0) is 6.54 Å². The van der Waals surface area contributed by atoms with Crippen molar-refractivity contribution in [3.8, 4) is 0 Å². The molecule has 17 heavy (non-hydrogen) atoms. The molecular formula is C14H13N3. The van der Waals surface area contributed by atoms with Gasteiger partial charge in [0.15, 0.2) is 5.95 Å². The summed E-state index contributed by atoms with van der Waals surface area (Å²) in [5, 5.41) is 2.51. The van der Waals surface area contributed by atoms with Gasteiger partial charge in [-0.25, -0.2) is 4.98 Å². The quantitative estimate of drug-likeness (QED) is 0.725. The average molecular weight is 223 g/mol. The number of fused-ring (bicyclic) bond motifs is 1. The van der Waals surface area contributed by atoms with Gasteiger partial charge in [-0.3, -0.25) is 0 Å². The van der Waals surface area contributed by atoms with Crippen LogP contribution in [0.4, 0.5) is 5.95 Å². The van der Waals surface area contributed by atoms with E-state index in [0.29, 0.717) is 5.95 Å². The molecule has 0 unspecified atom stereocenters. The Morgan fingerprint density at radius 3 is 2.65 bits per heavy atom. The molecule has 3 nitrogen and oxygen atoms in total. The van der Waals surface area contributed by atoms with Crippen molar-refractivity contribution in [1.29, 1.82) is 0 Å². The van der Waals surface area contributed by atoms with E-state index < -0.39 is 0 Å². The minimum Gasteiger partial charge on any atom is -0.369 e. The lowest BCUT2D eigenvalue weighted by molar-refractivity contribution is 0.812. The van der Waals surface area contributed by atoms with Crippen LogP contribution >= 0.6 is 0 Å². The van der Waals surface area contributed by atoms with Crippen molar-refractivity contribution in [1.82, 2.24) is 9.55 Å². The largest absolute Gasteiger partial charge is 0.369 e. The van der Waals surface area contributed by atoms with Crippen LogP contribution < -0.4 is 5.73 Å². The maximum atomic E-state index is 5.75. The smallest absolute Gasteiger partial charge is 0.200 e. The van der Waals surface area contributed by atoms with E-state index in [0.717, 1.165) is 6.54 Å². The molecule has 3 heteroatoms. The summed E-state index contributed by atoms with van der Waals surface area (Å²) in [5.74, 6) is 0.554. The molecule has 0 saturated carbocycles. The van der Waals surface area contributed by atoms with Crippen molar-refractivity contribution in [2.45, 2.75) is 6.54 Å². The minimum absolute atomic E-state index is 0.554. The molecule has 0 fully saturated rings. The summed E-state index contributed by atoms with van der Waals surface area (Å²) in [6.45, 7) is 0.761. The van der Waals surface area contributed by atoms with Crippen molar-refractivity contribution in [2.75, 3.05) is 5.73 Å². The molecule has 0 aliphatic rings. The second-order valence-corrected chi connectivity index (χ2v) is 4.09. The van der Waals surface area contributed by atoms with Crippen LogP contribution in [0.15, 0.2) is 54.9 Å². The number of nitrogen functional groups attached to an aromatic ring is 1. The highest BCUT2D eigenvalue weighted by atomic mass is 15.1. The molecular weight excluding hydrogens is 210 g/mol. The second-order valence-electron chi connectivity index (χ2n) is 4.09. The Morgan fingerprint density at radius 2 is 1.88 bits per heavy atom. The number of nitrogens with two attached hydrogens (primary N) is 1. The molecule has 2 N–H and O–H groups in total. The van der Waals surface area contributed by atoms with Crippen LogP contribution in [0.1, 0.15) is 5.56 Å². The van der Waals surface area contributed by atoms with E-state index in [9.17, 15) is 0 Å². The highest BCUT2D eigenvalue weighted by Crippen LogP contribution is 2.16. The number of hydrogen-bond donors (Lipinski definition) is 1. The molecule has 0 spiro atoms. The van der Waals surface area contributed by atoms with Crippen LogP contribution in [-0.4, -0.2) is 9.55 Å². The van der Waals surface area contributed by atoms with Gasteiger partial charge in [0.25, 0.3) is 0 Å². The SMILES string of the molecule is Nc1nccn1Cc1ccc2ccccc2c1. The summed E-state index contributed by atoms with van der Waals surface area (Å²) in [7, 11) is 0. The van der Waals surface area contributed by atoms with Crippen LogP contribution in [0.5, 0.6) is 0 Å². The standard InChI is InChI=1S/C14H13N3/c15-14-16-7-8-17(14)10-11-5-6-12-3-1-2-4-13(12)9-11/h1-9H,10H2,(H2,15,16). The Balaban J connectivity index is 1.99. The maximum Gasteiger partial charge on any atom is 0.200 e. The van der Waals surface area contributed by atoms with Gasteiger partial charge in [0.1, 0.15) is 0 Å². The zero-order chi connectivity index (χ0) is 11.7. The Labute approximate surface area is 99.5 Å². The van der Waals surface area contributed by atoms with Gasteiger partial charge in [0.2, 0.25) is 0 Å². The van der Waals surface area contributed by atoms with Gasteiger partial charge < -0.3 is 10.3 Å². The van der Waals surface area contributed by atoms with Gasteiger partial charge in [-0.15, -0.1) is 0 Å².